The van der Waals surface area contributed by atoms with Crippen LogP contribution in [0.4, 0.5) is 0 Å². The number of benzene rings is 6. The molecule has 0 aliphatic carbocycles. The molecule has 0 N–H and O–H groups in total. The van der Waals surface area contributed by atoms with Gasteiger partial charge in [0.05, 0.1) is 50.5 Å². The van der Waals surface area contributed by atoms with Crippen LogP contribution in [0.1, 0.15) is 24.8 Å². The number of rotatable bonds is 7. The molecule has 0 amide bonds. The Balaban J connectivity index is 1.32. The van der Waals surface area contributed by atoms with Crippen LogP contribution in [0.2, 0.25) is 0 Å². The molecule has 0 radical (unpaired) electrons. The molecule has 5 heterocycles. The zero-order valence-corrected chi connectivity index (χ0v) is 31.5. The summed E-state index contributed by atoms with van der Waals surface area (Å²) in [5, 5.41) is 9.93. The van der Waals surface area contributed by atoms with Crippen molar-refractivity contribution in [1.82, 2.24) is 24.1 Å². The van der Waals surface area contributed by atoms with Gasteiger partial charge in [0.25, 0.3) is 0 Å². The second-order valence-electron chi connectivity index (χ2n) is 14.9. The minimum atomic E-state index is 0.365. The van der Waals surface area contributed by atoms with Crippen LogP contribution in [-0.4, -0.2) is 24.1 Å². The number of fused-ring (bicyclic) bond motifs is 12. The van der Waals surface area contributed by atoms with E-state index < -0.39 is 0 Å². The van der Waals surface area contributed by atoms with Crippen LogP contribution in [-0.2, 0) is 0 Å². The maximum absolute atomic E-state index is 5.12. The Morgan fingerprint density at radius 2 is 1.12 bits per heavy atom. The van der Waals surface area contributed by atoms with E-state index in [-0.39, 0.29) is 0 Å². The SMILES string of the molecule is C=CCC(C)c1ccc2c(c1)c1ccccc1c1c2c2c3c4ccccc4n(-c4cc(-c5ccccn5)nc(-c5ccccn5)c4)c3ccc2n1-c1ccccc1. The van der Waals surface area contributed by atoms with Gasteiger partial charge in [-0.15, -0.1) is 6.58 Å². The smallest absolute Gasteiger partial charge is 0.0915 e. The number of hydrogen-bond acceptors (Lipinski definition) is 3. The summed E-state index contributed by atoms with van der Waals surface area (Å²) in [6.07, 6.45) is 6.59. The highest BCUT2D eigenvalue weighted by Gasteiger charge is 2.25. The zero-order chi connectivity index (χ0) is 38.0. The van der Waals surface area contributed by atoms with Crippen molar-refractivity contribution in [1.29, 1.82) is 0 Å². The van der Waals surface area contributed by atoms with Gasteiger partial charge < -0.3 is 9.13 Å². The van der Waals surface area contributed by atoms with Crippen molar-refractivity contribution in [2.45, 2.75) is 19.3 Å². The second-order valence-corrected chi connectivity index (χ2v) is 14.9. The number of para-hydroxylation sites is 2. The number of aromatic nitrogens is 5. The maximum Gasteiger partial charge on any atom is 0.0915 e. The van der Waals surface area contributed by atoms with Crippen LogP contribution in [0.3, 0.4) is 0 Å². The van der Waals surface area contributed by atoms with Gasteiger partial charge in [-0.3, -0.25) is 9.97 Å². The van der Waals surface area contributed by atoms with Crippen molar-refractivity contribution in [2.24, 2.45) is 0 Å². The lowest BCUT2D eigenvalue weighted by molar-refractivity contribution is 0.783. The Morgan fingerprint density at radius 3 is 1.81 bits per heavy atom. The van der Waals surface area contributed by atoms with Crippen LogP contribution in [0, 0.1) is 0 Å². The predicted molar refractivity (Wildman–Crippen MR) is 238 cm³/mol. The molecule has 5 heteroatoms. The van der Waals surface area contributed by atoms with E-state index in [4.69, 9.17) is 15.0 Å². The Labute approximate surface area is 329 Å². The average Bonchev–Trinajstić information content (AvgIpc) is 3.81. The molecule has 1 unspecified atom stereocenters. The highest BCUT2D eigenvalue weighted by atomic mass is 15.0. The van der Waals surface area contributed by atoms with Crippen LogP contribution >= 0.6 is 0 Å². The third-order valence-electron chi connectivity index (χ3n) is 11.6. The predicted octanol–water partition coefficient (Wildman–Crippen LogP) is 13.4. The van der Waals surface area contributed by atoms with Gasteiger partial charge in [0, 0.05) is 45.0 Å². The van der Waals surface area contributed by atoms with E-state index in [0.29, 0.717) is 5.92 Å². The first-order valence-corrected chi connectivity index (χ1v) is 19.5. The molecular weight excluding hydrogens is 695 g/mol. The lowest BCUT2D eigenvalue weighted by Gasteiger charge is -2.15. The Bertz CT molecular complexity index is 3290. The fraction of sp³-hybridized carbons (Fsp3) is 0.0577. The van der Waals surface area contributed by atoms with E-state index in [9.17, 15) is 0 Å². The summed E-state index contributed by atoms with van der Waals surface area (Å²) >= 11 is 0. The van der Waals surface area contributed by atoms with Crippen LogP contribution in [0.25, 0.3) is 99.3 Å². The maximum atomic E-state index is 5.12. The van der Waals surface area contributed by atoms with E-state index in [0.717, 1.165) is 51.6 Å². The number of pyridine rings is 3. The first kappa shape index (κ1) is 33.0. The molecule has 11 aromatic rings. The quantitative estimate of drug-likeness (QED) is 0.121. The molecule has 57 heavy (non-hydrogen) atoms. The van der Waals surface area contributed by atoms with Crippen molar-refractivity contribution >= 4 is 65.2 Å². The molecule has 0 saturated carbocycles. The van der Waals surface area contributed by atoms with E-state index in [2.05, 4.69) is 144 Å². The molecule has 0 saturated heterocycles. The van der Waals surface area contributed by atoms with E-state index in [1.54, 1.807) is 0 Å². The molecule has 0 bridgehead atoms. The largest absolute Gasteiger partial charge is 0.309 e. The molecule has 0 fully saturated rings. The van der Waals surface area contributed by atoms with Gasteiger partial charge in [-0.25, -0.2) is 4.98 Å². The summed E-state index contributed by atoms with van der Waals surface area (Å²) < 4.78 is 4.88. The van der Waals surface area contributed by atoms with Gasteiger partial charge in [0.2, 0.25) is 0 Å². The van der Waals surface area contributed by atoms with Crippen LogP contribution in [0.5, 0.6) is 0 Å². The lowest BCUT2D eigenvalue weighted by atomic mass is 9.90. The number of hydrogen-bond donors (Lipinski definition) is 0. The van der Waals surface area contributed by atoms with Crippen molar-refractivity contribution in [3.63, 3.8) is 0 Å². The van der Waals surface area contributed by atoms with Gasteiger partial charge >= 0.3 is 0 Å². The van der Waals surface area contributed by atoms with Crippen molar-refractivity contribution < 1.29 is 0 Å². The Kier molecular flexibility index (Phi) is 7.61. The van der Waals surface area contributed by atoms with Gasteiger partial charge in [-0.05, 0) is 101 Å². The van der Waals surface area contributed by atoms with Crippen molar-refractivity contribution in [2.75, 3.05) is 0 Å². The molecule has 5 nitrogen and oxygen atoms in total. The molecule has 6 aromatic carbocycles. The summed E-state index contributed by atoms with van der Waals surface area (Å²) in [7, 11) is 0. The lowest BCUT2D eigenvalue weighted by Crippen LogP contribution is -1.99. The summed E-state index contributed by atoms with van der Waals surface area (Å²) in [5.41, 5.74) is 11.3. The van der Waals surface area contributed by atoms with E-state index in [1.807, 2.05) is 54.9 Å². The minimum absolute atomic E-state index is 0.365. The first-order valence-electron chi connectivity index (χ1n) is 19.5. The molecule has 1 atom stereocenters. The molecular formula is C52H37N5. The topological polar surface area (TPSA) is 48.5 Å². The zero-order valence-electron chi connectivity index (χ0n) is 31.5. The summed E-state index contributed by atoms with van der Waals surface area (Å²) in [6, 6.07) is 56.5. The third kappa shape index (κ3) is 5.13. The monoisotopic (exact) mass is 731 g/mol. The van der Waals surface area contributed by atoms with Crippen molar-refractivity contribution in [3.8, 4) is 34.2 Å². The van der Waals surface area contributed by atoms with Crippen LogP contribution in [0.15, 0.2) is 183 Å². The van der Waals surface area contributed by atoms with E-state index in [1.165, 1.54) is 59.7 Å². The molecule has 5 aromatic heterocycles. The average molecular weight is 732 g/mol. The fourth-order valence-corrected chi connectivity index (χ4v) is 9.04. The molecule has 11 rings (SSSR count). The standard InChI is InChI=1S/C52H37N5/c1-3-15-33(2)34-24-25-38-41(30-34)37-18-7-8-19-39(37)52-50(38)51-48(57(52)35-16-5-4-6-17-35)27-26-47-49(51)40-20-9-10-23-46(40)56(47)36-31-44(42-21-11-13-28-53-42)55-45(32-36)43-22-12-14-29-54-43/h3-14,16-33H,1,15H2,2H3. The molecule has 0 aliphatic heterocycles. The number of allylic oxidation sites excluding steroid dienone is 1. The van der Waals surface area contributed by atoms with Gasteiger partial charge in [0.15, 0.2) is 0 Å². The molecule has 0 spiro atoms. The summed E-state index contributed by atoms with van der Waals surface area (Å²) in [4.78, 5) is 14.6. The molecule has 0 aliphatic rings. The Morgan fingerprint density at radius 1 is 0.491 bits per heavy atom. The van der Waals surface area contributed by atoms with Gasteiger partial charge in [-0.2, -0.15) is 0 Å². The third-order valence-corrected chi connectivity index (χ3v) is 11.6. The highest BCUT2D eigenvalue weighted by molar-refractivity contribution is 6.38. The highest BCUT2D eigenvalue weighted by Crippen LogP contribution is 2.48. The summed E-state index contributed by atoms with van der Waals surface area (Å²) in [5.74, 6) is 0.365. The van der Waals surface area contributed by atoms with Crippen LogP contribution < -0.4 is 0 Å². The van der Waals surface area contributed by atoms with Crippen molar-refractivity contribution in [3.05, 3.63) is 188 Å². The minimum Gasteiger partial charge on any atom is -0.309 e. The summed E-state index contributed by atoms with van der Waals surface area (Å²) in [6.45, 7) is 6.34. The normalized spacial score (nSPS) is 12.4. The number of nitrogens with zero attached hydrogens (tertiary/aromatic N) is 5. The first-order chi connectivity index (χ1) is 28.2. The van der Waals surface area contributed by atoms with Gasteiger partial charge in [-0.1, -0.05) is 104 Å². The fourth-order valence-electron chi connectivity index (χ4n) is 9.04. The second kappa shape index (κ2) is 13.1. The van der Waals surface area contributed by atoms with E-state index >= 15 is 0 Å². The Hall–Kier alpha value is -7.37. The van der Waals surface area contributed by atoms with Gasteiger partial charge in [0.1, 0.15) is 0 Å². The molecule has 270 valence electrons.